The van der Waals surface area contributed by atoms with Gasteiger partial charge in [-0.25, -0.2) is 4.98 Å². The van der Waals surface area contributed by atoms with Crippen molar-refractivity contribution in [2.75, 3.05) is 25.0 Å². The van der Waals surface area contributed by atoms with Crippen molar-refractivity contribution in [3.8, 4) is 0 Å². The third-order valence-corrected chi connectivity index (χ3v) is 7.63. The topological polar surface area (TPSA) is 117 Å². The number of imidazole rings is 1. The van der Waals surface area contributed by atoms with Gasteiger partial charge >= 0.3 is 0 Å². The first-order valence-electron chi connectivity index (χ1n) is 13.8. The van der Waals surface area contributed by atoms with E-state index in [0.29, 0.717) is 22.6 Å². The third kappa shape index (κ3) is 6.00. The molecule has 9 nitrogen and oxygen atoms in total. The predicted octanol–water partition coefficient (Wildman–Crippen LogP) is 5.98. The minimum absolute atomic E-state index is 0.0599. The lowest BCUT2D eigenvalue weighted by Crippen LogP contribution is -2.22. The van der Waals surface area contributed by atoms with Crippen LogP contribution in [0.25, 0.3) is 12.2 Å². The average Bonchev–Trinajstić information content (AvgIpc) is 3.76. The standard InChI is InChI=1S/C32H30N6O3/c39-32-30(28-19-27(38(40)41)13-14-29(28)36-32)31(24-8-3-23(4-9-24)15-18-37-16-1-2-17-37)35-25-10-5-22(6-11-25)7-12-26-20-33-21-34-26/h3-14,19-21,30H,1-2,15-18H2,(H,33,34)(H,36,39). The molecule has 0 radical (unpaired) electrons. The number of nitrogens with zero attached hydrogens (tertiary/aromatic N) is 4. The molecule has 3 heterocycles. The van der Waals surface area contributed by atoms with Crippen molar-refractivity contribution in [1.82, 2.24) is 14.9 Å². The molecule has 2 aliphatic heterocycles. The zero-order valence-corrected chi connectivity index (χ0v) is 22.5. The Kier molecular flexibility index (Phi) is 7.51. The summed E-state index contributed by atoms with van der Waals surface area (Å²) in [7, 11) is 0. The molecular weight excluding hydrogens is 516 g/mol. The van der Waals surface area contributed by atoms with Crippen LogP contribution >= 0.6 is 0 Å². The molecule has 9 heteroatoms. The van der Waals surface area contributed by atoms with E-state index in [1.807, 2.05) is 48.6 Å². The fourth-order valence-electron chi connectivity index (χ4n) is 5.41. The van der Waals surface area contributed by atoms with E-state index in [1.165, 1.54) is 30.5 Å². The van der Waals surface area contributed by atoms with Crippen molar-refractivity contribution in [1.29, 1.82) is 0 Å². The van der Waals surface area contributed by atoms with Gasteiger partial charge < -0.3 is 15.2 Å². The van der Waals surface area contributed by atoms with Crippen LogP contribution in [0.1, 0.15) is 46.7 Å². The van der Waals surface area contributed by atoms with Crippen LogP contribution in [-0.4, -0.2) is 51.0 Å². The maximum absolute atomic E-state index is 13.3. The first-order valence-corrected chi connectivity index (χ1v) is 13.8. The molecule has 0 spiro atoms. The Morgan fingerprint density at radius 1 is 1.05 bits per heavy atom. The Hall–Kier alpha value is -4.89. The summed E-state index contributed by atoms with van der Waals surface area (Å²) in [4.78, 5) is 38.9. The molecule has 4 aromatic rings. The molecule has 1 saturated heterocycles. The van der Waals surface area contributed by atoms with Crippen LogP contribution in [0.15, 0.2) is 84.2 Å². The summed E-state index contributed by atoms with van der Waals surface area (Å²) in [6.07, 6.45) is 10.8. The molecule has 2 aliphatic rings. The quantitative estimate of drug-likeness (QED) is 0.152. The molecule has 206 valence electrons. The number of aromatic nitrogens is 2. The summed E-state index contributed by atoms with van der Waals surface area (Å²) in [6, 6.07) is 20.4. The number of likely N-dealkylation sites (tertiary alicyclic amines) is 1. The minimum Gasteiger partial charge on any atom is -0.345 e. The molecule has 1 atom stereocenters. The van der Waals surface area contributed by atoms with Crippen molar-refractivity contribution in [2.24, 2.45) is 4.99 Å². The van der Waals surface area contributed by atoms with Gasteiger partial charge in [0.05, 0.1) is 34.5 Å². The molecule has 2 N–H and O–H groups in total. The van der Waals surface area contributed by atoms with Crippen LogP contribution in [0.3, 0.4) is 0 Å². The highest BCUT2D eigenvalue weighted by Gasteiger charge is 2.36. The number of H-pyrrole nitrogens is 1. The highest BCUT2D eigenvalue weighted by molar-refractivity contribution is 6.24. The lowest BCUT2D eigenvalue weighted by atomic mass is 9.90. The maximum atomic E-state index is 13.3. The number of carbonyl (C=O) groups is 1. The number of benzene rings is 3. The summed E-state index contributed by atoms with van der Waals surface area (Å²) < 4.78 is 0. The van der Waals surface area contributed by atoms with Crippen LogP contribution < -0.4 is 5.32 Å². The number of carbonyl (C=O) groups excluding carboxylic acids is 1. The number of aliphatic imine (C=N–C) groups is 1. The number of anilines is 1. The van der Waals surface area contributed by atoms with Crippen LogP contribution in [0.4, 0.5) is 17.1 Å². The second kappa shape index (κ2) is 11.7. The van der Waals surface area contributed by atoms with Gasteiger partial charge in [-0.1, -0.05) is 42.5 Å². The Labute approximate surface area is 237 Å². The molecule has 1 fully saturated rings. The molecule has 0 saturated carbocycles. The predicted molar refractivity (Wildman–Crippen MR) is 160 cm³/mol. The highest BCUT2D eigenvalue weighted by atomic mass is 16.6. The summed E-state index contributed by atoms with van der Waals surface area (Å²) in [5.74, 6) is -1.03. The summed E-state index contributed by atoms with van der Waals surface area (Å²) in [6.45, 7) is 3.35. The van der Waals surface area contributed by atoms with Crippen molar-refractivity contribution in [3.05, 3.63) is 117 Å². The molecule has 0 bridgehead atoms. The van der Waals surface area contributed by atoms with Gasteiger partial charge in [0.25, 0.3) is 5.69 Å². The second-order valence-corrected chi connectivity index (χ2v) is 10.4. The molecule has 3 aromatic carbocycles. The number of amides is 1. The molecule has 6 rings (SSSR count). The Morgan fingerprint density at radius 2 is 1.83 bits per heavy atom. The largest absolute Gasteiger partial charge is 0.345 e. The summed E-state index contributed by atoms with van der Waals surface area (Å²) in [5.41, 5.74) is 6.21. The van der Waals surface area contributed by atoms with Crippen molar-refractivity contribution >= 4 is 40.8 Å². The molecule has 1 amide bonds. The fourth-order valence-corrected chi connectivity index (χ4v) is 5.41. The average molecular weight is 547 g/mol. The fraction of sp³-hybridized carbons (Fsp3) is 0.219. The van der Waals surface area contributed by atoms with Gasteiger partial charge in [0.1, 0.15) is 5.92 Å². The normalized spacial score (nSPS) is 17.2. The lowest BCUT2D eigenvalue weighted by molar-refractivity contribution is -0.384. The first-order chi connectivity index (χ1) is 20.0. The third-order valence-electron chi connectivity index (χ3n) is 7.63. The van der Waals surface area contributed by atoms with Gasteiger partial charge in [0.2, 0.25) is 5.91 Å². The maximum Gasteiger partial charge on any atom is 0.269 e. The van der Waals surface area contributed by atoms with Gasteiger partial charge in [-0.2, -0.15) is 0 Å². The zero-order valence-electron chi connectivity index (χ0n) is 22.5. The number of nitrogens with one attached hydrogen (secondary N) is 2. The monoisotopic (exact) mass is 546 g/mol. The van der Waals surface area contributed by atoms with Crippen LogP contribution in [0.2, 0.25) is 0 Å². The second-order valence-electron chi connectivity index (χ2n) is 10.4. The van der Waals surface area contributed by atoms with Gasteiger partial charge in [-0.15, -0.1) is 0 Å². The number of hydrogen-bond acceptors (Lipinski definition) is 6. The highest BCUT2D eigenvalue weighted by Crippen LogP contribution is 2.38. The van der Waals surface area contributed by atoms with Crippen molar-refractivity contribution in [2.45, 2.75) is 25.2 Å². The van der Waals surface area contributed by atoms with E-state index in [2.05, 4.69) is 32.3 Å². The number of fused-ring (bicyclic) bond motifs is 1. The lowest BCUT2D eigenvalue weighted by Gasteiger charge is -2.16. The SMILES string of the molecule is O=C1Nc2ccc([N+](=O)[O-])cc2C1C(=Nc1ccc(C=Cc2cnc[nH]2)cc1)c1ccc(CCN2CCCC2)cc1. The molecule has 1 unspecified atom stereocenters. The molecular formula is C32H30N6O3. The Balaban J connectivity index is 1.33. The van der Waals surface area contributed by atoms with E-state index in [9.17, 15) is 14.9 Å². The van der Waals surface area contributed by atoms with E-state index in [0.717, 1.165) is 42.9 Å². The number of aromatic amines is 1. The first kappa shape index (κ1) is 26.3. The van der Waals surface area contributed by atoms with Gasteiger partial charge in [-0.3, -0.25) is 19.9 Å². The van der Waals surface area contributed by atoms with Crippen LogP contribution in [0.5, 0.6) is 0 Å². The number of nitro groups is 1. The van der Waals surface area contributed by atoms with Crippen molar-refractivity contribution < 1.29 is 9.72 Å². The zero-order chi connectivity index (χ0) is 28.2. The van der Waals surface area contributed by atoms with E-state index in [-0.39, 0.29) is 11.6 Å². The van der Waals surface area contributed by atoms with Crippen LogP contribution in [-0.2, 0) is 11.2 Å². The number of non-ortho nitro benzene ring substituents is 1. The summed E-state index contributed by atoms with van der Waals surface area (Å²) >= 11 is 0. The van der Waals surface area contributed by atoms with E-state index in [4.69, 9.17) is 4.99 Å². The van der Waals surface area contributed by atoms with Crippen LogP contribution in [0, 0.1) is 10.1 Å². The Bertz CT molecular complexity index is 1600. The summed E-state index contributed by atoms with van der Waals surface area (Å²) in [5, 5.41) is 14.4. The van der Waals surface area contributed by atoms with Gasteiger partial charge in [0.15, 0.2) is 0 Å². The van der Waals surface area contributed by atoms with E-state index < -0.39 is 10.8 Å². The van der Waals surface area contributed by atoms with Crippen molar-refractivity contribution in [3.63, 3.8) is 0 Å². The molecule has 41 heavy (non-hydrogen) atoms. The van der Waals surface area contributed by atoms with E-state index in [1.54, 1.807) is 18.6 Å². The smallest absolute Gasteiger partial charge is 0.269 e. The number of rotatable bonds is 9. The molecule has 0 aliphatic carbocycles. The van der Waals surface area contributed by atoms with Gasteiger partial charge in [-0.05, 0) is 73.3 Å². The number of nitro benzene ring substituents is 1. The molecule has 1 aromatic heterocycles. The Morgan fingerprint density at radius 3 is 2.54 bits per heavy atom. The minimum atomic E-state index is -0.777. The van der Waals surface area contributed by atoms with Gasteiger partial charge in [0, 0.05) is 29.9 Å². The number of hydrogen-bond donors (Lipinski definition) is 2. The van der Waals surface area contributed by atoms with E-state index >= 15 is 0 Å².